The van der Waals surface area contributed by atoms with Gasteiger partial charge in [0.05, 0.1) is 33.3 Å². The molecule has 3 aromatic rings. The minimum atomic E-state index is -4.66. The van der Waals surface area contributed by atoms with Crippen LogP contribution in [0.1, 0.15) is 33.3 Å². The van der Waals surface area contributed by atoms with Crippen molar-refractivity contribution in [3.05, 3.63) is 58.4 Å². The van der Waals surface area contributed by atoms with Crippen molar-refractivity contribution >= 4 is 44.6 Å². The predicted molar refractivity (Wildman–Crippen MR) is 136 cm³/mol. The highest BCUT2D eigenvalue weighted by Crippen LogP contribution is 2.29. The molecule has 1 fully saturated rings. The minimum Gasteiger partial charge on any atom is -0.467 e. The monoisotopic (exact) mass is 586 g/mol. The largest absolute Gasteiger partial charge is 0.467 e. The molecule has 0 spiro atoms. The Kier molecular flexibility index (Phi) is 7.25. The van der Waals surface area contributed by atoms with E-state index in [2.05, 4.69) is 20.7 Å². The summed E-state index contributed by atoms with van der Waals surface area (Å²) >= 11 is 6.18. The molecule has 2 amide bonds. The fraction of sp³-hybridized carbons (Fsp3) is 0.304. The summed E-state index contributed by atoms with van der Waals surface area (Å²) in [5, 5.41) is 9.19. The van der Waals surface area contributed by atoms with Gasteiger partial charge in [0, 0.05) is 18.0 Å². The molecular weight excluding hydrogens is 565 g/mol. The smallest absolute Gasteiger partial charge is 0.422 e. The predicted octanol–water partition coefficient (Wildman–Crippen LogP) is 2.92. The number of benzene rings is 1. The van der Waals surface area contributed by atoms with E-state index in [9.17, 15) is 31.2 Å². The van der Waals surface area contributed by atoms with Crippen molar-refractivity contribution in [2.75, 3.05) is 29.2 Å². The number of nitrogens with two attached hydrogens (primary N) is 1. The first-order valence-electron chi connectivity index (χ1n) is 11.2. The molecule has 4 rings (SSSR count). The van der Waals surface area contributed by atoms with Crippen molar-refractivity contribution in [3.8, 4) is 11.7 Å². The molecule has 0 saturated carbocycles. The van der Waals surface area contributed by atoms with Crippen molar-refractivity contribution < 1.29 is 35.9 Å². The molecule has 16 heteroatoms. The van der Waals surface area contributed by atoms with E-state index in [4.69, 9.17) is 22.1 Å². The summed E-state index contributed by atoms with van der Waals surface area (Å²) in [6.07, 6.45) is -3.32. The van der Waals surface area contributed by atoms with Crippen LogP contribution >= 0.6 is 11.6 Å². The van der Waals surface area contributed by atoms with Gasteiger partial charge in [0.1, 0.15) is 5.69 Å². The number of rotatable bonds is 7. The number of anilines is 2. The molecule has 0 atom stereocenters. The highest BCUT2D eigenvalue weighted by atomic mass is 35.5. The Labute approximate surface area is 225 Å². The first kappa shape index (κ1) is 28.2. The maximum Gasteiger partial charge on any atom is 0.422 e. The zero-order valence-electron chi connectivity index (χ0n) is 20.5. The number of hydrogen-bond acceptors (Lipinski definition) is 8. The number of ether oxygens (including phenoxy) is 1. The van der Waals surface area contributed by atoms with Gasteiger partial charge in [-0.3, -0.25) is 9.59 Å². The van der Waals surface area contributed by atoms with E-state index in [1.807, 2.05) is 0 Å². The van der Waals surface area contributed by atoms with Crippen LogP contribution in [0.3, 0.4) is 0 Å². The quantitative estimate of drug-likeness (QED) is 0.357. The molecule has 1 saturated heterocycles. The molecule has 2 aromatic heterocycles. The zero-order valence-corrected chi connectivity index (χ0v) is 22.0. The van der Waals surface area contributed by atoms with Crippen LogP contribution in [0.4, 0.5) is 24.5 Å². The molecule has 208 valence electrons. The van der Waals surface area contributed by atoms with Crippen LogP contribution in [0.25, 0.3) is 5.82 Å². The lowest BCUT2D eigenvalue weighted by Crippen LogP contribution is -2.63. The lowest BCUT2D eigenvalue weighted by molar-refractivity contribution is -0.154. The first-order valence-corrected chi connectivity index (χ1v) is 13.4. The molecule has 1 aliphatic rings. The molecule has 3 heterocycles. The van der Waals surface area contributed by atoms with Gasteiger partial charge >= 0.3 is 6.18 Å². The second kappa shape index (κ2) is 10.0. The van der Waals surface area contributed by atoms with Crippen LogP contribution in [0, 0.1) is 6.92 Å². The molecule has 0 radical (unpaired) electrons. The van der Waals surface area contributed by atoms with Crippen molar-refractivity contribution in [1.29, 1.82) is 0 Å². The summed E-state index contributed by atoms with van der Waals surface area (Å²) in [6.45, 7) is 1.49. The Morgan fingerprint density at radius 3 is 2.54 bits per heavy atom. The van der Waals surface area contributed by atoms with Crippen LogP contribution in [0.2, 0.25) is 5.02 Å². The number of carbonyl (C=O) groups is 2. The highest BCUT2D eigenvalue weighted by Gasteiger charge is 2.46. The molecule has 0 unspecified atom stereocenters. The minimum absolute atomic E-state index is 0.0371. The van der Waals surface area contributed by atoms with Crippen molar-refractivity contribution in [1.82, 2.24) is 20.1 Å². The number of nitrogen functional groups attached to an aromatic ring is 1. The number of aromatic nitrogens is 3. The number of halogens is 4. The third-order valence-corrected chi connectivity index (χ3v) is 8.03. The van der Waals surface area contributed by atoms with Crippen molar-refractivity contribution in [2.45, 2.75) is 25.6 Å². The van der Waals surface area contributed by atoms with Crippen molar-refractivity contribution in [2.24, 2.45) is 0 Å². The van der Waals surface area contributed by atoms with Gasteiger partial charge in [0.2, 0.25) is 5.88 Å². The topological polar surface area (TPSA) is 158 Å². The van der Waals surface area contributed by atoms with Gasteiger partial charge in [-0.2, -0.15) is 13.2 Å². The summed E-state index contributed by atoms with van der Waals surface area (Å²) in [5.74, 6) is -2.65. The number of aryl methyl sites for hydroxylation is 1. The SMILES string of the molecule is Cc1cc(N)cc(C(=O)NC2(C)CS(=O)(=O)C2)c1NC(=O)c1cc(OCC(F)(F)F)nn1-c1ncccc1Cl. The summed E-state index contributed by atoms with van der Waals surface area (Å²) in [4.78, 5) is 30.6. The molecule has 0 aliphatic carbocycles. The van der Waals surface area contributed by atoms with Crippen LogP contribution in [0.5, 0.6) is 5.88 Å². The third-order valence-electron chi connectivity index (χ3n) is 5.58. The van der Waals surface area contributed by atoms with E-state index >= 15 is 0 Å². The number of carbonyl (C=O) groups excluding carboxylic acids is 2. The van der Waals surface area contributed by atoms with Gasteiger partial charge in [0.25, 0.3) is 11.8 Å². The van der Waals surface area contributed by atoms with Gasteiger partial charge < -0.3 is 21.1 Å². The number of alkyl halides is 3. The molecule has 0 bridgehead atoms. The zero-order chi connectivity index (χ0) is 28.8. The van der Waals surface area contributed by atoms with E-state index < -0.39 is 45.9 Å². The molecule has 1 aliphatic heterocycles. The van der Waals surface area contributed by atoms with Gasteiger partial charge in [-0.05, 0) is 43.7 Å². The number of pyridine rings is 1. The van der Waals surface area contributed by atoms with E-state index in [0.29, 0.717) is 5.56 Å². The fourth-order valence-electron chi connectivity index (χ4n) is 4.12. The molecule has 1 aromatic carbocycles. The summed E-state index contributed by atoms with van der Waals surface area (Å²) in [6, 6.07) is 6.72. The maximum atomic E-state index is 13.4. The second-order valence-corrected chi connectivity index (χ2v) is 11.7. The van der Waals surface area contributed by atoms with Gasteiger partial charge in [-0.15, -0.1) is 5.10 Å². The number of nitrogens with zero attached hydrogens (tertiary/aromatic N) is 3. The molecule has 39 heavy (non-hydrogen) atoms. The van der Waals surface area contributed by atoms with Crippen molar-refractivity contribution in [3.63, 3.8) is 0 Å². The summed E-state index contributed by atoms with van der Waals surface area (Å²) < 4.78 is 67.1. The van der Waals surface area contributed by atoms with E-state index in [1.54, 1.807) is 13.8 Å². The molecule has 4 N–H and O–H groups in total. The first-order chi connectivity index (χ1) is 18.1. The molecule has 11 nitrogen and oxygen atoms in total. The maximum absolute atomic E-state index is 13.4. The van der Waals surface area contributed by atoms with Gasteiger partial charge in [0.15, 0.2) is 22.3 Å². The van der Waals surface area contributed by atoms with Crippen LogP contribution in [0.15, 0.2) is 36.5 Å². The van der Waals surface area contributed by atoms with E-state index in [1.165, 1.54) is 30.5 Å². The second-order valence-electron chi connectivity index (χ2n) is 9.25. The average molecular weight is 587 g/mol. The Hall–Kier alpha value is -3.85. The third kappa shape index (κ3) is 6.42. The number of hydrogen-bond donors (Lipinski definition) is 3. The summed E-state index contributed by atoms with van der Waals surface area (Å²) in [7, 11) is -3.26. The Morgan fingerprint density at radius 2 is 1.92 bits per heavy atom. The standard InChI is InChI=1S/C23H22ClF3N6O5S/c1-12-6-13(28)7-14(20(34)31-22(2)10-39(36,37)11-22)18(12)30-21(35)16-8-17(38-9-23(25,26)27)32-33(16)19-15(24)4-3-5-29-19/h3-8H,9-11,28H2,1-2H3,(H,30,35)(H,31,34). The van der Waals surface area contributed by atoms with Crippen LogP contribution < -0.4 is 21.1 Å². The number of nitrogens with one attached hydrogen (secondary N) is 2. The van der Waals surface area contributed by atoms with E-state index in [-0.39, 0.29) is 45.0 Å². The fourth-order valence-corrected chi connectivity index (χ4v) is 6.32. The Balaban J connectivity index is 1.69. The normalized spacial score (nSPS) is 15.7. The number of amides is 2. The average Bonchev–Trinajstić information content (AvgIpc) is 3.21. The molecular formula is C23H22ClF3N6O5S. The highest BCUT2D eigenvalue weighted by molar-refractivity contribution is 7.93. The Morgan fingerprint density at radius 1 is 1.23 bits per heavy atom. The lowest BCUT2D eigenvalue weighted by atomic mass is 10.0. The number of sulfone groups is 1. The summed E-state index contributed by atoms with van der Waals surface area (Å²) in [5.41, 5.74) is 5.18. The van der Waals surface area contributed by atoms with E-state index in [0.717, 1.165) is 10.7 Å². The van der Waals surface area contributed by atoms with Crippen LogP contribution in [-0.2, 0) is 9.84 Å². The lowest BCUT2D eigenvalue weighted by Gasteiger charge is -2.38. The van der Waals surface area contributed by atoms with Gasteiger partial charge in [-0.1, -0.05) is 11.6 Å². The van der Waals surface area contributed by atoms with Crippen LogP contribution in [-0.4, -0.2) is 64.8 Å². The Bertz CT molecular complexity index is 1560. The van der Waals surface area contributed by atoms with Gasteiger partial charge in [-0.25, -0.2) is 18.1 Å².